The lowest BCUT2D eigenvalue weighted by molar-refractivity contribution is 0.415. The molecule has 5 rings (SSSR count). The van der Waals surface area contributed by atoms with Gasteiger partial charge in [-0.1, -0.05) is 0 Å². The fraction of sp³-hybridized carbons (Fsp3) is 0.0588. The Morgan fingerprint density at radius 2 is 1.81 bits per heavy atom. The Morgan fingerprint density at radius 1 is 1.04 bits per heavy atom. The van der Waals surface area contributed by atoms with E-state index in [2.05, 4.69) is 25.3 Å². The number of nitrogens with zero attached hydrogens (tertiary/aromatic N) is 8. The highest BCUT2D eigenvalue weighted by molar-refractivity contribution is 5.79. The zero-order chi connectivity index (χ0) is 18.4. The third-order valence-electron chi connectivity index (χ3n) is 4.22. The summed E-state index contributed by atoms with van der Waals surface area (Å²) in [5, 5.41) is 12.4. The normalized spacial score (nSPS) is 11.3. The van der Waals surface area contributed by atoms with Crippen molar-refractivity contribution in [3.05, 3.63) is 65.7 Å². The van der Waals surface area contributed by atoms with Crippen LogP contribution in [0.5, 0.6) is 5.75 Å². The Labute approximate surface area is 151 Å². The van der Waals surface area contributed by atoms with Crippen LogP contribution in [-0.2, 0) is 0 Å². The van der Waals surface area contributed by atoms with Crippen LogP contribution < -0.4 is 10.3 Å². The van der Waals surface area contributed by atoms with Crippen molar-refractivity contribution < 1.29 is 4.74 Å². The van der Waals surface area contributed by atoms with Crippen LogP contribution in [0.4, 0.5) is 0 Å². The van der Waals surface area contributed by atoms with Gasteiger partial charge >= 0.3 is 0 Å². The molecule has 0 atom stereocenters. The smallest absolute Gasteiger partial charge is 0.280 e. The van der Waals surface area contributed by atoms with Gasteiger partial charge in [-0.3, -0.25) is 4.79 Å². The Balaban J connectivity index is 1.69. The summed E-state index contributed by atoms with van der Waals surface area (Å²) in [5.74, 6) is 1.68. The Bertz CT molecular complexity index is 1320. The van der Waals surface area contributed by atoms with Crippen molar-refractivity contribution in [2.45, 2.75) is 0 Å². The van der Waals surface area contributed by atoms with E-state index in [0.717, 1.165) is 11.3 Å². The molecular weight excluding hydrogens is 348 g/mol. The van der Waals surface area contributed by atoms with Gasteiger partial charge < -0.3 is 4.74 Å². The first kappa shape index (κ1) is 15.2. The van der Waals surface area contributed by atoms with Crippen molar-refractivity contribution in [3.63, 3.8) is 0 Å². The first-order chi connectivity index (χ1) is 13.2. The van der Waals surface area contributed by atoms with Gasteiger partial charge in [0.25, 0.3) is 11.3 Å². The molecule has 0 N–H and O–H groups in total. The molecule has 0 unspecified atom stereocenters. The highest BCUT2D eigenvalue weighted by atomic mass is 16.5. The molecule has 0 saturated heterocycles. The third-order valence-corrected chi connectivity index (χ3v) is 4.22. The van der Waals surface area contributed by atoms with E-state index < -0.39 is 0 Å². The second-order valence-corrected chi connectivity index (χ2v) is 5.74. The molecule has 27 heavy (non-hydrogen) atoms. The van der Waals surface area contributed by atoms with Crippen LogP contribution in [0.2, 0.25) is 0 Å². The van der Waals surface area contributed by atoms with E-state index in [-0.39, 0.29) is 5.56 Å². The summed E-state index contributed by atoms with van der Waals surface area (Å²) in [6.45, 7) is 0. The standard InChI is InChI=1S/C17H12N8O2/c1-27-12-4-2-11(3-5-12)15-21-17-18-8-13-14(25(17)22-15)6-7-24(16(13)26)23-9-19-20-10-23/h2-10H,1H3. The van der Waals surface area contributed by atoms with E-state index in [4.69, 9.17) is 4.74 Å². The molecule has 0 saturated carbocycles. The van der Waals surface area contributed by atoms with Crippen molar-refractivity contribution in [2.24, 2.45) is 0 Å². The molecule has 5 aromatic rings. The molecular formula is C17H12N8O2. The molecule has 0 spiro atoms. The highest BCUT2D eigenvalue weighted by Gasteiger charge is 2.13. The summed E-state index contributed by atoms with van der Waals surface area (Å²) in [6.07, 6.45) is 6.01. The van der Waals surface area contributed by atoms with Gasteiger partial charge in [0.1, 0.15) is 18.4 Å². The molecule has 0 aliphatic rings. The van der Waals surface area contributed by atoms with Crippen LogP contribution >= 0.6 is 0 Å². The van der Waals surface area contributed by atoms with Gasteiger partial charge in [0.15, 0.2) is 5.82 Å². The summed E-state index contributed by atoms with van der Waals surface area (Å²) in [7, 11) is 1.61. The minimum Gasteiger partial charge on any atom is -0.497 e. The number of aromatic nitrogens is 8. The van der Waals surface area contributed by atoms with Crippen molar-refractivity contribution in [1.82, 2.24) is 39.1 Å². The number of hydrogen-bond donors (Lipinski definition) is 0. The number of benzene rings is 1. The van der Waals surface area contributed by atoms with Gasteiger partial charge in [-0.05, 0) is 30.3 Å². The number of pyridine rings is 1. The number of methoxy groups -OCH3 is 1. The predicted molar refractivity (Wildman–Crippen MR) is 95.4 cm³/mol. The Kier molecular flexibility index (Phi) is 3.22. The van der Waals surface area contributed by atoms with Gasteiger partial charge in [-0.2, -0.15) is 9.50 Å². The number of ether oxygens (including phenoxy) is 1. The molecule has 0 aliphatic heterocycles. The molecule has 10 nitrogen and oxygen atoms in total. The topological polar surface area (TPSA) is 105 Å². The van der Waals surface area contributed by atoms with Crippen molar-refractivity contribution >= 4 is 16.7 Å². The first-order valence-corrected chi connectivity index (χ1v) is 8.01. The fourth-order valence-electron chi connectivity index (χ4n) is 2.86. The van der Waals surface area contributed by atoms with Crippen LogP contribution in [0, 0.1) is 0 Å². The van der Waals surface area contributed by atoms with E-state index in [9.17, 15) is 4.79 Å². The molecule has 0 fully saturated rings. The summed E-state index contributed by atoms with van der Waals surface area (Å²) in [4.78, 5) is 21.5. The van der Waals surface area contributed by atoms with E-state index in [0.29, 0.717) is 22.5 Å². The molecule has 0 bridgehead atoms. The molecule has 0 amide bonds. The van der Waals surface area contributed by atoms with Crippen molar-refractivity contribution in [3.8, 4) is 17.1 Å². The minimum absolute atomic E-state index is 0.261. The van der Waals surface area contributed by atoms with Crippen molar-refractivity contribution in [2.75, 3.05) is 7.11 Å². The number of fused-ring (bicyclic) bond motifs is 3. The first-order valence-electron chi connectivity index (χ1n) is 8.01. The molecule has 4 heterocycles. The number of rotatable bonds is 3. The maximum Gasteiger partial charge on any atom is 0.280 e. The van der Waals surface area contributed by atoms with Gasteiger partial charge in [0.2, 0.25) is 0 Å². The molecule has 10 heteroatoms. The lowest BCUT2D eigenvalue weighted by Crippen LogP contribution is -2.25. The fourth-order valence-corrected chi connectivity index (χ4v) is 2.86. The van der Waals surface area contributed by atoms with Crippen LogP contribution in [0.15, 0.2) is 60.2 Å². The Morgan fingerprint density at radius 3 is 2.56 bits per heavy atom. The third kappa shape index (κ3) is 2.34. The van der Waals surface area contributed by atoms with Crippen LogP contribution in [0.25, 0.3) is 28.1 Å². The second kappa shape index (κ2) is 5.73. The largest absolute Gasteiger partial charge is 0.497 e. The van der Waals surface area contributed by atoms with Gasteiger partial charge in [-0.15, -0.1) is 15.3 Å². The molecule has 1 aromatic carbocycles. The summed E-state index contributed by atoms with van der Waals surface area (Å²) in [6, 6.07) is 9.19. The van der Waals surface area contributed by atoms with E-state index in [1.54, 1.807) is 23.9 Å². The second-order valence-electron chi connectivity index (χ2n) is 5.74. The average molecular weight is 360 g/mol. The van der Waals surface area contributed by atoms with Crippen molar-refractivity contribution in [1.29, 1.82) is 0 Å². The summed E-state index contributed by atoms with van der Waals surface area (Å²) in [5.41, 5.74) is 1.18. The summed E-state index contributed by atoms with van der Waals surface area (Å²) >= 11 is 0. The van der Waals surface area contributed by atoms with Crippen LogP contribution in [-0.4, -0.2) is 46.2 Å². The summed E-state index contributed by atoms with van der Waals surface area (Å²) < 4.78 is 9.60. The minimum atomic E-state index is -0.261. The number of hydrogen-bond acceptors (Lipinski definition) is 7. The molecule has 132 valence electrons. The Hall–Kier alpha value is -4.08. The zero-order valence-electron chi connectivity index (χ0n) is 14.1. The maximum atomic E-state index is 12.8. The van der Waals surface area contributed by atoms with Crippen LogP contribution in [0.1, 0.15) is 0 Å². The molecule has 0 aliphatic carbocycles. The lowest BCUT2D eigenvalue weighted by atomic mass is 10.2. The van der Waals surface area contributed by atoms with E-state index >= 15 is 0 Å². The van der Waals surface area contributed by atoms with Gasteiger partial charge in [0.05, 0.1) is 18.0 Å². The van der Waals surface area contributed by atoms with E-state index in [1.807, 2.05) is 24.3 Å². The zero-order valence-corrected chi connectivity index (χ0v) is 14.1. The van der Waals surface area contributed by atoms with E-state index in [1.165, 1.54) is 28.2 Å². The quantitative estimate of drug-likeness (QED) is 0.473. The maximum absolute atomic E-state index is 12.8. The van der Waals surface area contributed by atoms with Gasteiger partial charge in [0, 0.05) is 18.0 Å². The average Bonchev–Trinajstić information content (AvgIpc) is 3.38. The van der Waals surface area contributed by atoms with Gasteiger partial charge in [-0.25, -0.2) is 14.3 Å². The van der Waals surface area contributed by atoms with Crippen LogP contribution in [0.3, 0.4) is 0 Å². The molecule has 0 radical (unpaired) electrons. The SMILES string of the molecule is COc1ccc(-c2nc3ncc4c(=O)n(-n5cnnc5)ccc4n3n2)cc1. The monoisotopic (exact) mass is 360 g/mol. The molecule has 4 aromatic heterocycles. The predicted octanol–water partition coefficient (Wildman–Crippen LogP) is 1.02. The highest BCUT2D eigenvalue weighted by Crippen LogP contribution is 2.21. The lowest BCUT2D eigenvalue weighted by Gasteiger charge is -2.06.